The largest absolute Gasteiger partial charge is 0.491 e. The minimum atomic E-state index is -0.480. The average molecular weight is 266 g/mol. The van der Waals surface area contributed by atoms with Crippen LogP contribution >= 0.6 is 0 Å². The van der Waals surface area contributed by atoms with E-state index in [1.165, 1.54) is 0 Å². The maximum atomic E-state index is 10.0. The van der Waals surface area contributed by atoms with E-state index in [-0.39, 0.29) is 0 Å². The summed E-state index contributed by atoms with van der Waals surface area (Å²) in [6.45, 7) is 8.37. The van der Waals surface area contributed by atoms with Gasteiger partial charge in [-0.2, -0.15) is 0 Å². The first-order valence-electron chi connectivity index (χ1n) is 6.93. The molecule has 1 rings (SSSR count). The Balaban J connectivity index is 2.37. The lowest BCUT2D eigenvalue weighted by Gasteiger charge is -2.28. The summed E-state index contributed by atoms with van der Waals surface area (Å²) in [5, 5.41) is 10.0. The van der Waals surface area contributed by atoms with Crippen LogP contribution in [0.25, 0.3) is 0 Å². The number of ether oxygens (including phenoxy) is 1. The molecule has 108 valence electrons. The molecule has 4 heteroatoms. The highest BCUT2D eigenvalue weighted by molar-refractivity contribution is 5.41. The van der Waals surface area contributed by atoms with Crippen LogP contribution in [0.15, 0.2) is 24.3 Å². The van der Waals surface area contributed by atoms with Crippen LogP contribution in [0, 0.1) is 0 Å². The van der Waals surface area contributed by atoms with Crippen molar-refractivity contribution in [2.24, 2.45) is 0 Å². The molecule has 4 nitrogen and oxygen atoms in total. The molecule has 0 aliphatic rings. The molecule has 0 aliphatic carbocycles. The Morgan fingerprint density at radius 3 is 2.42 bits per heavy atom. The van der Waals surface area contributed by atoms with Gasteiger partial charge in [0, 0.05) is 18.3 Å². The third-order valence-corrected chi connectivity index (χ3v) is 3.01. The Kier molecular flexibility index (Phi) is 6.67. The van der Waals surface area contributed by atoms with Gasteiger partial charge in [0.05, 0.1) is 0 Å². The van der Waals surface area contributed by atoms with Gasteiger partial charge in [0.1, 0.15) is 18.5 Å². The summed E-state index contributed by atoms with van der Waals surface area (Å²) < 4.78 is 5.55. The lowest BCUT2D eigenvalue weighted by atomic mass is 10.2. The van der Waals surface area contributed by atoms with Gasteiger partial charge in [0.25, 0.3) is 0 Å². The zero-order valence-electron chi connectivity index (χ0n) is 12.2. The second-order valence-electron chi connectivity index (χ2n) is 5.12. The van der Waals surface area contributed by atoms with Crippen LogP contribution in [0.1, 0.15) is 27.2 Å². The van der Waals surface area contributed by atoms with E-state index in [4.69, 9.17) is 10.5 Å². The molecule has 0 saturated carbocycles. The zero-order chi connectivity index (χ0) is 14.3. The third-order valence-electron chi connectivity index (χ3n) is 3.01. The Morgan fingerprint density at radius 1 is 1.26 bits per heavy atom. The number of rotatable bonds is 8. The Labute approximate surface area is 116 Å². The van der Waals surface area contributed by atoms with Crippen molar-refractivity contribution in [3.8, 4) is 5.75 Å². The van der Waals surface area contributed by atoms with Crippen molar-refractivity contribution in [3.63, 3.8) is 0 Å². The van der Waals surface area contributed by atoms with Crippen molar-refractivity contribution in [1.82, 2.24) is 4.90 Å². The van der Waals surface area contributed by atoms with Gasteiger partial charge in [-0.15, -0.1) is 0 Å². The number of hydrogen-bond donors (Lipinski definition) is 2. The highest BCUT2D eigenvalue weighted by atomic mass is 16.5. The number of nitrogens with two attached hydrogens (primary N) is 1. The number of nitrogens with zero attached hydrogens (tertiary/aromatic N) is 1. The molecule has 1 atom stereocenters. The van der Waals surface area contributed by atoms with E-state index in [1.54, 1.807) is 12.1 Å². The smallest absolute Gasteiger partial charge is 0.119 e. The van der Waals surface area contributed by atoms with Gasteiger partial charge < -0.3 is 15.6 Å². The fraction of sp³-hybridized carbons (Fsp3) is 0.600. The van der Waals surface area contributed by atoms with E-state index >= 15 is 0 Å². The fourth-order valence-electron chi connectivity index (χ4n) is 1.93. The molecular weight excluding hydrogens is 240 g/mol. The van der Waals surface area contributed by atoms with E-state index < -0.39 is 6.10 Å². The minimum Gasteiger partial charge on any atom is -0.491 e. The summed E-state index contributed by atoms with van der Waals surface area (Å²) in [5.74, 6) is 0.736. The van der Waals surface area contributed by atoms with Gasteiger partial charge in [-0.25, -0.2) is 0 Å². The average Bonchev–Trinajstić information content (AvgIpc) is 2.37. The predicted octanol–water partition coefficient (Wildman–Crippen LogP) is 2.13. The van der Waals surface area contributed by atoms with Gasteiger partial charge >= 0.3 is 0 Å². The lowest BCUT2D eigenvalue weighted by Crippen LogP contribution is -2.40. The summed E-state index contributed by atoms with van der Waals surface area (Å²) >= 11 is 0. The van der Waals surface area contributed by atoms with Crippen molar-refractivity contribution in [2.75, 3.05) is 25.4 Å². The van der Waals surface area contributed by atoms with E-state index in [1.807, 2.05) is 12.1 Å². The number of hydrogen-bond acceptors (Lipinski definition) is 4. The first kappa shape index (κ1) is 15.8. The molecule has 0 fully saturated rings. The van der Waals surface area contributed by atoms with E-state index in [2.05, 4.69) is 25.7 Å². The third kappa shape index (κ3) is 5.94. The molecular formula is C15H26N2O2. The van der Waals surface area contributed by atoms with Crippen LogP contribution in [-0.4, -0.2) is 41.8 Å². The number of anilines is 1. The molecule has 0 aromatic heterocycles. The summed E-state index contributed by atoms with van der Waals surface area (Å²) in [6, 6.07) is 7.65. The number of benzene rings is 1. The number of aliphatic hydroxyl groups is 1. The van der Waals surface area contributed by atoms with E-state index in [0.29, 0.717) is 24.9 Å². The molecule has 0 radical (unpaired) electrons. The highest BCUT2D eigenvalue weighted by Gasteiger charge is 2.14. The number of aliphatic hydroxyl groups excluding tert-OH is 1. The maximum absolute atomic E-state index is 10.0. The van der Waals surface area contributed by atoms with Crippen LogP contribution in [0.2, 0.25) is 0 Å². The quantitative estimate of drug-likeness (QED) is 0.708. The SMILES string of the molecule is CCCN(CC(O)COc1ccc(N)cc1)C(C)C. The monoisotopic (exact) mass is 266 g/mol. The molecule has 0 aliphatic heterocycles. The summed E-state index contributed by atoms with van der Waals surface area (Å²) in [4.78, 5) is 2.26. The van der Waals surface area contributed by atoms with Crippen molar-refractivity contribution >= 4 is 5.69 Å². The second-order valence-corrected chi connectivity index (χ2v) is 5.12. The van der Waals surface area contributed by atoms with Gasteiger partial charge in [0.15, 0.2) is 0 Å². The maximum Gasteiger partial charge on any atom is 0.119 e. The van der Waals surface area contributed by atoms with Gasteiger partial charge in [-0.3, -0.25) is 4.90 Å². The zero-order valence-corrected chi connectivity index (χ0v) is 12.2. The highest BCUT2D eigenvalue weighted by Crippen LogP contribution is 2.13. The van der Waals surface area contributed by atoms with Crippen molar-refractivity contribution in [1.29, 1.82) is 0 Å². The predicted molar refractivity (Wildman–Crippen MR) is 79.4 cm³/mol. The summed E-state index contributed by atoms with van der Waals surface area (Å²) in [7, 11) is 0. The molecule has 1 aromatic rings. The molecule has 0 saturated heterocycles. The first-order chi connectivity index (χ1) is 9.02. The molecule has 19 heavy (non-hydrogen) atoms. The van der Waals surface area contributed by atoms with Gasteiger partial charge in [-0.1, -0.05) is 6.92 Å². The van der Waals surface area contributed by atoms with E-state index in [0.717, 1.165) is 18.7 Å². The summed E-state index contributed by atoms with van der Waals surface area (Å²) in [6.07, 6.45) is 0.607. The van der Waals surface area contributed by atoms with Crippen molar-refractivity contribution in [3.05, 3.63) is 24.3 Å². The van der Waals surface area contributed by atoms with Crippen LogP contribution in [-0.2, 0) is 0 Å². The minimum absolute atomic E-state index is 0.302. The lowest BCUT2D eigenvalue weighted by molar-refractivity contribution is 0.0575. The number of nitrogen functional groups attached to an aromatic ring is 1. The Morgan fingerprint density at radius 2 is 1.89 bits per heavy atom. The molecule has 1 unspecified atom stereocenters. The molecule has 0 spiro atoms. The van der Waals surface area contributed by atoms with Crippen LogP contribution in [0.4, 0.5) is 5.69 Å². The van der Waals surface area contributed by atoms with Crippen molar-refractivity contribution in [2.45, 2.75) is 39.3 Å². The van der Waals surface area contributed by atoms with Crippen molar-refractivity contribution < 1.29 is 9.84 Å². The Hall–Kier alpha value is -1.26. The van der Waals surface area contributed by atoms with Gasteiger partial charge in [0.2, 0.25) is 0 Å². The molecule has 0 heterocycles. The van der Waals surface area contributed by atoms with Crippen LogP contribution < -0.4 is 10.5 Å². The molecule has 0 bridgehead atoms. The second kappa shape index (κ2) is 8.02. The standard InChI is InChI=1S/C15H26N2O2/c1-4-9-17(12(2)3)10-14(18)11-19-15-7-5-13(16)6-8-15/h5-8,12,14,18H,4,9-11,16H2,1-3H3. The van der Waals surface area contributed by atoms with Crippen LogP contribution in [0.3, 0.4) is 0 Å². The van der Waals surface area contributed by atoms with E-state index in [9.17, 15) is 5.11 Å². The Bertz CT molecular complexity index is 352. The topological polar surface area (TPSA) is 58.7 Å². The summed E-state index contributed by atoms with van der Waals surface area (Å²) in [5.41, 5.74) is 6.31. The fourth-order valence-corrected chi connectivity index (χ4v) is 1.93. The van der Waals surface area contributed by atoms with Crippen LogP contribution in [0.5, 0.6) is 5.75 Å². The van der Waals surface area contributed by atoms with Gasteiger partial charge in [-0.05, 0) is 51.1 Å². The molecule has 3 N–H and O–H groups in total. The molecule has 1 aromatic carbocycles. The first-order valence-corrected chi connectivity index (χ1v) is 6.93. The molecule has 0 amide bonds. The normalized spacial score (nSPS) is 12.9.